The largest absolute Gasteiger partial charge is 0.494 e. The molecule has 2 saturated heterocycles. The van der Waals surface area contributed by atoms with Crippen molar-refractivity contribution in [2.45, 2.75) is 50.8 Å². The van der Waals surface area contributed by atoms with Crippen LogP contribution in [0.5, 0.6) is 11.5 Å². The first-order valence-electron chi connectivity index (χ1n) is 9.37. The van der Waals surface area contributed by atoms with Crippen LogP contribution in [-0.2, 0) is 0 Å². The van der Waals surface area contributed by atoms with E-state index in [1.54, 1.807) is 12.4 Å². The second-order valence-corrected chi connectivity index (χ2v) is 6.95. The van der Waals surface area contributed by atoms with Crippen molar-refractivity contribution in [3.8, 4) is 11.5 Å². The van der Waals surface area contributed by atoms with E-state index in [0.717, 1.165) is 42.7 Å². The van der Waals surface area contributed by atoms with Gasteiger partial charge in [0.15, 0.2) is 0 Å². The average Bonchev–Trinajstić information content (AvgIpc) is 2.93. The molecule has 26 heavy (non-hydrogen) atoms. The molecule has 2 aliphatic heterocycles. The highest BCUT2D eigenvalue weighted by atomic mass is 16.5. The van der Waals surface area contributed by atoms with Gasteiger partial charge < -0.3 is 14.4 Å². The summed E-state index contributed by atoms with van der Waals surface area (Å²) in [6.45, 7) is 2.58. The third-order valence-corrected chi connectivity index (χ3v) is 5.29. The third kappa shape index (κ3) is 3.39. The summed E-state index contributed by atoms with van der Waals surface area (Å²) < 4.78 is 11.6. The van der Waals surface area contributed by atoms with Gasteiger partial charge in [-0.05, 0) is 56.2 Å². The Kier molecular flexibility index (Phi) is 4.78. The number of benzene rings is 1. The molecule has 1 aromatic carbocycles. The fraction of sp³-hybridized carbons (Fsp3) is 0.429. The lowest BCUT2D eigenvalue weighted by Crippen LogP contribution is -2.49. The Hall–Kier alpha value is -2.56. The van der Waals surface area contributed by atoms with Gasteiger partial charge in [0, 0.05) is 42.9 Å². The number of piperidine rings is 1. The molecule has 1 amide bonds. The monoisotopic (exact) mass is 352 g/mol. The summed E-state index contributed by atoms with van der Waals surface area (Å²) in [5.74, 6) is 1.79. The van der Waals surface area contributed by atoms with E-state index < -0.39 is 0 Å². The van der Waals surface area contributed by atoms with Crippen LogP contribution in [0.4, 0.5) is 0 Å². The lowest BCUT2D eigenvalue weighted by molar-refractivity contribution is 0.0359. The predicted octanol–water partition coefficient (Wildman–Crippen LogP) is 3.69. The topological polar surface area (TPSA) is 51.7 Å². The van der Waals surface area contributed by atoms with Crippen molar-refractivity contribution in [1.29, 1.82) is 0 Å². The Morgan fingerprint density at radius 1 is 1.04 bits per heavy atom. The second-order valence-electron chi connectivity index (χ2n) is 6.95. The van der Waals surface area contributed by atoms with Crippen LogP contribution in [0, 0.1) is 0 Å². The van der Waals surface area contributed by atoms with Crippen LogP contribution in [-0.4, -0.2) is 40.6 Å². The van der Waals surface area contributed by atoms with E-state index in [1.165, 1.54) is 0 Å². The van der Waals surface area contributed by atoms with E-state index >= 15 is 0 Å². The van der Waals surface area contributed by atoms with Gasteiger partial charge >= 0.3 is 0 Å². The smallest absolute Gasteiger partial charge is 0.254 e. The van der Waals surface area contributed by atoms with Crippen LogP contribution in [0.2, 0.25) is 0 Å². The highest BCUT2D eigenvalue weighted by Gasteiger charge is 2.44. The molecule has 2 aliphatic rings. The molecule has 0 radical (unpaired) electrons. The first kappa shape index (κ1) is 16.9. The van der Waals surface area contributed by atoms with Crippen LogP contribution < -0.4 is 9.47 Å². The molecule has 0 spiro atoms. The molecular formula is C21H24N2O3. The number of carbonyl (C=O) groups excluding carboxylic acids is 1. The Balaban J connectivity index is 1.43. The van der Waals surface area contributed by atoms with Crippen LogP contribution in [0.15, 0.2) is 48.8 Å². The minimum absolute atomic E-state index is 0.128. The molecule has 4 rings (SSSR count). The summed E-state index contributed by atoms with van der Waals surface area (Å²) in [6.07, 6.45) is 7.55. The average molecular weight is 352 g/mol. The Labute approximate surface area is 153 Å². The summed E-state index contributed by atoms with van der Waals surface area (Å²) in [4.78, 5) is 19.1. The maximum atomic E-state index is 13.0. The summed E-state index contributed by atoms with van der Waals surface area (Å²) in [5, 5.41) is 0. The van der Waals surface area contributed by atoms with Crippen molar-refractivity contribution in [3.05, 3.63) is 54.4 Å². The number of ether oxygens (including phenoxy) is 2. The van der Waals surface area contributed by atoms with Crippen LogP contribution in [0.3, 0.4) is 0 Å². The number of pyridine rings is 1. The van der Waals surface area contributed by atoms with Gasteiger partial charge in [0.2, 0.25) is 0 Å². The standard InChI is InChI=1S/C21H24N2O3/c1-2-25-18-7-3-15(4-8-18)21(24)23-16-5-6-17(23)14-20(13-16)26-19-9-11-22-12-10-19/h3-4,7-12,16-17,20H,2,5-6,13-14H2,1H3. The molecule has 2 unspecified atom stereocenters. The number of fused-ring (bicyclic) bond motifs is 2. The van der Waals surface area contributed by atoms with Crippen molar-refractivity contribution in [2.24, 2.45) is 0 Å². The number of hydrogen-bond donors (Lipinski definition) is 0. The molecule has 1 aromatic heterocycles. The van der Waals surface area contributed by atoms with Crippen molar-refractivity contribution in [3.63, 3.8) is 0 Å². The van der Waals surface area contributed by atoms with E-state index in [1.807, 2.05) is 43.3 Å². The molecule has 2 aromatic rings. The fourth-order valence-corrected chi connectivity index (χ4v) is 4.17. The van der Waals surface area contributed by atoms with Gasteiger partial charge in [0.05, 0.1) is 6.61 Å². The molecule has 0 saturated carbocycles. The Bertz CT molecular complexity index is 734. The minimum Gasteiger partial charge on any atom is -0.494 e. The van der Waals surface area contributed by atoms with Crippen molar-refractivity contribution in [2.75, 3.05) is 6.61 Å². The van der Waals surface area contributed by atoms with Gasteiger partial charge in [-0.2, -0.15) is 0 Å². The van der Waals surface area contributed by atoms with Crippen LogP contribution in [0.1, 0.15) is 43.0 Å². The molecule has 5 nitrogen and oxygen atoms in total. The highest BCUT2D eigenvalue weighted by molar-refractivity contribution is 5.95. The van der Waals surface area contributed by atoms with E-state index in [2.05, 4.69) is 9.88 Å². The zero-order chi connectivity index (χ0) is 17.9. The van der Waals surface area contributed by atoms with Gasteiger partial charge in [-0.25, -0.2) is 0 Å². The van der Waals surface area contributed by atoms with Crippen molar-refractivity contribution in [1.82, 2.24) is 9.88 Å². The normalized spacial score (nSPS) is 24.3. The predicted molar refractivity (Wildman–Crippen MR) is 98.5 cm³/mol. The quantitative estimate of drug-likeness (QED) is 0.823. The lowest BCUT2D eigenvalue weighted by Gasteiger charge is -2.39. The van der Waals surface area contributed by atoms with Gasteiger partial charge in [-0.1, -0.05) is 0 Å². The Morgan fingerprint density at radius 3 is 2.31 bits per heavy atom. The number of rotatable bonds is 5. The summed E-state index contributed by atoms with van der Waals surface area (Å²) >= 11 is 0. The van der Waals surface area contributed by atoms with Gasteiger partial charge in [0.1, 0.15) is 17.6 Å². The van der Waals surface area contributed by atoms with Crippen LogP contribution >= 0.6 is 0 Å². The Morgan fingerprint density at radius 2 is 1.69 bits per heavy atom. The first-order chi connectivity index (χ1) is 12.7. The molecule has 136 valence electrons. The van der Waals surface area contributed by atoms with E-state index in [4.69, 9.17) is 9.47 Å². The molecule has 0 N–H and O–H groups in total. The number of hydrogen-bond acceptors (Lipinski definition) is 4. The van der Waals surface area contributed by atoms with Crippen molar-refractivity contribution >= 4 is 5.91 Å². The maximum absolute atomic E-state index is 13.0. The molecule has 0 aliphatic carbocycles. The molecular weight excluding hydrogens is 328 g/mol. The van der Waals surface area contributed by atoms with Crippen molar-refractivity contribution < 1.29 is 14.3 Å². The summed E-state index contributed by atoms with van der Waals surface area (Å²) in [6, 6.07) is 11.8. The summed E-state index contributed by atoms with van der Waals surface area (Å²) in [7, 11) is 0. The molecule has 5 heteroatoms. The number of nitrogens with zero attached hydrogens (tertiary/aromatic N) is 2. The number of carbonyl (C=O) groups is 1. The minimum atomic E-state index is 0.128. The van der Waals surface area contributed by atoms with E-state index in [9.17, 15) is 4.79 Å². The molecule has 2 atom stereocenters. The third-order valence-electron chi connectivity index (χ3n) is 5.29. The fourth-order valence-electron chi connectivity index (χ4n) is 4.17. The van der Waals surface area contributed by atoms with E-state index in [-0.39, 0.29) is 24.1 Å². The van der Waals surface area contributed by atoms with Crippen LogP contribution in [0.25, 0.3) is 0 Å². The van der Waals surface area contributed by atoms with Gasteiger partial charge in [0.25, 0.3) is 5.91 Å². The highest BCUT2D eigenvalue weighted by Crippen LogP contribution is 2.38. The first-order valence-corrected chi connectivity index (χ1v) is 9.37. The second kappa shape index (κ2) is 7.36. The van der Waals surface area contributed by atoms with E-state index in [0.29, 0.717) is 6.61 Å². The molecule has 2 fully saturated rings. The number of aromatic nitrogens is 1. The number of amides is 1. The lowest BCUT2D eigenvalue weighted by atomic mass is 9.98. The van der Waals surface area contributed by atoms with Gasteiger partial charge in [-0.3, -0.25) is 9.78 Å². The maximum Gasteiger partial charge on any atom is 0.254 e. The van der Waals surface area contributed by atoms with Gasteiger partial charge in [-0.15, -0.1) is 0 Å². The molecule has 3 heterocycles. The summed E-state index contributed by atoms with van der Waals surface area (Å²) in [5.41, 5.74) is 0.735. The SMILES string of the molecule is CCOc1ccc(C(=O)N2C3CCC2CC(Oc2ccncc2)C3)cc1. The zero-order valence-electron chi connectivity index (χ0n) is 15.0. The molecule has 2 bridgehead atoms. The zero-order valence-corrected chi connectivity index (χ0v) is 15.0.